The van der Waals surface area contributed by atoms with Crippen molar-refractivity contribution >= 4 is 0 Å². The molecule has 1 aromatic heterocycles. The summed E-state index contributed by atoms with van der Waals surface area (Å²) in [6, 6.07) is 6.35. The predicted molar refractivity (Wildman–Crippen MR) is 71.5 cm³/mol. The Morgan fingerprint density at radius 1 is 1.24 bits per heavy atom. The van der Waals surface area contributed by atoms with Gasteiger partial charge in [0.25, 0.3) is 0 Å². The van der Waals surface area contributed by atoms with E-state index in [1.807, 2.05) is 12.3 Å². The summed E-state index contributed by atoms with van der Waals surface area (Å²) in [5, 5.41) is 17.0. The molecule has 0 aliphatic rings. The minimum absolute atomic E-state index is 0.270. The first-order valence-corrected chi connectivity index (χ1v) is 6.50. The second kappa shape index (κ2) is 6.73. The van der Waals surface area contributed by atoms with Crippen molar-refractivity contribution in [2.24, 2.45) is 0 Å². The molecule has 114 valence electrons. The monoisotopic (exact) mass is 299 g/mol. The van der Waals surface area contributed by atoms with Gasteiger partial charge in [0.1, 0.15) is 0 Å². The molecule has 0 radical (unpaired) electrons. The van der Waals surface area contributed by atoms with Gasteiger partial charge in [-0.1, -0.05) is 12.1 Å². The number of aliphatic hydroxyl groups is 1. The standard InChI is InChI=1S/C14H16F3N3O/c15-14(16,17)12-4-2-11(3-5-12)13(21)10-18-7-9-20-8-1-6-19-20/h1-6,8,13,18,21H,7,9-10H2/t13-/m0/s1. The highest BCUT2D eigenvalue weighted by molar-refractivity contribution is 5.26. The highest BCUT2D eigenvalue weighted by atomic mass is 19.4. The van der Waals surface area contributed by atoms with Crippen LogP contribution in [0, 0.1) is 0 Å². The van der Waals surface area contributed by atoms with Gasteiger partial charge in [-0.3, -0.25) is 4.68 Å². The van der Waals surface area contributed by atoms with Gasteiger partial charge in [-0.15, -0.1) is 0 Å². The van der Waals surface area contributed by atoms with E-state index < -0.39 is 17.8 Å². The van der Waals surface area contributed by atoms with E-state index in [-0.39, 0.29) is 6.54 Å². The Bertz CT molecular complexity index is 538. The van der Waals surface area contributed by atoms with E-state index in [1.54, 1.807) is 10.9 Å². The lowest BCUT2D eigenvalue weighted by Gasteiger charge is -2.13. The summed E-state index contributed by atoms with van der Waals surface area (Å²) in [6.07, 6.45) is -1.69. The van der Waals surface area contributed by atoms with Gasteiger partial charge in [-0.2, -0.15) is 18.3 Å². The first kappa shape index (κ1) is 15.5. The van der Waals surface area contributed by atoms with Gasteiger partial charge in [-0.05, 0) is 23.8 Å². The van der Waals surface area contributed by atoms with Crippen LogP contribution in [0.15, 0.2) is 42.7 Å². The van der Waals surface area contributed by atoms with E-state index in [2.05, 4.69) is 10.4 Å². The summed E-state index contributed by atoms with van der Waals surface area (Å²) in [4.78, 5) is 0. The molecule has 2 aromatic rings. The molecule has 1 atom stereocenters. The number of hydrogen-bond donors (Lipinski definition) is 2. The second-order valence-corrected chi connectivity index (χ2v) is 4.61. The first-order chi connectivity index (χ1) is 9.97. The zero-order valence-corrected chi connectivity index (χ0v) is 11.2. The molecule has 0 fully saturated rings. The Morgan fingerprint density at radius 3 is 2.52 bits per heavy atom. The van der Waals surface area contributed by atoms with Crippen LogP contribution in [0.5, 0.6) is 0 Å². The van der Waals surface area contributed by atoms with E-state index in [4.69, 9.17) is 0 Å². The van der Waals surface area contributed by atoms with Gasteiger partial charge in [0.15, 0.2) is 0 Å². The minimum Gasteiger partial charge on any atom is -0.387 e. The molecule has 2 rings (SSSR count). The van der Waals surface area contributed by atoms with Crippen molar-refractivity contribution in [1.82, 2.24) is 15.1 Å². The molecular formula is C14H16F3N3O. The summed E-state index contributed by atoms with van der Waals surface area (Å²) in [6.45, 7) is 1.54. The zero-order valence-electron chi connectivity index (χ0n) is 11.2. The van der Waals surface area contributed by atoms with E-state index in [9.17, 15) is 18.3 Å². The van der Waals surface area contributed by atoms with Crippen LogP contribution in [0.2, 0.25) is 0 Å². The Hall–Kier alpha value is -1.86. The molecule has 0 aliphatic carbocycles. The normalized spacial score (nSPS) is 13.3. The molecule has 0 saturated heterocycles. The fourth-order valence-corrected chi connectivity index (χ4v) is 1.88. The van der Waals surface area contributed by atoms with Crippen molar-refractivity contribution < 1.29 is 18.3 Å². The zero-order chi connectivity index (χ0) is 15.3. The number of aliphatic hydroxyl groups excluding tert-OH is 1. The van der Waals surface area contributed by atoms with Crippen molar-refractivity contribution in [3.05, 3.63) is 53.9 Å². The molecule has 0 spiro atoms. The van der Waals surface area contributed by atoms with Crippen LogP contribution < -0.4 is 5.32 Å². The van der Waals surface area contributed by atoms with Gasteiger partial charge in [0.05, 0.1) is 18.2 Å². The van der Waals surface area contributed by atoms with Gasteiger partial charge in [0.2, 0.25) is 0 Å². The quantitative estimate of drug-likeness (QED) is 0.804. The number of halogens is 3. The lowest BCUT2D eigenvalue weighted by molar-refractivity contribution is -0.137. The van der Waals surface area contributed by atoms with Gasteiger partial charge >= 0.3 is 6.18 Å². The highest BCUT2D eigenvalue weighted by Crippen LogP contribution is 2.29. The average molecular weight is 299 g/mol. The van der Waals surface area contributed by atoms with E-state index >= 15 is 0 Å². The summed E-state index contributed by atoms with van der Waals surface area (Å²) >= 11 is 0. The minimum atomic E-state index is -4.36. The number of rotatable bonds is 6. The lowest BCUT2D eigenvalue weighted by atomic mass is 10.1. The van der Waals surface area contributed by atoms with Crippen LogP contribution in [0.1, 0.15) is 17.2 Å². The summed E-state index contributed by atoms with van der Waals surface area (Å²) < 4.78 is 39.0. The third-order valence-corrected chi connectivity index (χ3v) is 3.04. The lowest BCUT2D eigenvalue weighted by Crippen LogP contribution is -2.25. The molecule has 1 heterocycles. The number of nitrogens with zero attached hydrogens (tertiary/aromatic N) is 2. The Kier molecular flexibility index (Phi) is 4.98. The topological polar surface area (TPSA) is 50.1 Å². The van der Waals surface area contributed by atoms with Gasteiger partial charge in [-0.25, -0.2) is 0 Å². The fraction of sp³-hybridized carbons (Fsp3) is 0.357. The van der Waals surface area contributed by atoms with Crippen LogP contribution in [-0.2, 0) is 12.7 Å². The maximum Gasteiger partial charge on any atom is 0.416 e. The molecule has 0 amide bonds. The second-order valence-electron chi connectivity index (χ2n) is 4.61. The number of alkyl halides is 3. The highest BCUT2D eigenvalue weighted by Gasteiger charge is 2.30. The van der Waals surface area contributed by atoms with Crippen LogP contribution in [0.3, 0.4) is 0 Å². The molecule has 0 aliphatic heterocycles. The third kappa shape index (κ3) is 4.57. The first-order valence-electron chi connectivity index (χ1n) is 6.50. The molecule has 0 saturated carbocycles. The number of benzene rings is 1. The smallest absolute Gasteiger partial charge is 0.387 e. The maximum atomic E-state index is 12.4. The number of aromatic nitrogens is 2. The average Bonchev–Trinajstić information content (AvgIpc) is 2.96. The van der Waals surface area contributed by atoms with Crippen molar-refractivity contribution in [2.45, 2.75) is 18.8 Å². The molecule has 7 heteroatoms. The molecular weight excluding hydrogens is 283 g/mol. The van der Waals surface area contributed by atoms with Crippen LogP contribution in [0.4, 0.5) is 13.2 Å². The van der Waals surface area contributed by atoms with Crippen molar-refractivity contribution in [3.63, 3.8) is 0 Å². The van der Waals surface area contributed by atoms with Crippen LogP contribution >= 0.6 is 0 Å². The Labute approximate surface area is 120 Å². The molecule has 1 aromatic carbocycles. The number of hydrogen-bond acceptors (Lipinski definition) is 3. The summed E-state index contributed by atoms with van der Waals surface area (Å²) in [5.41, 5.74) is -0.264. The maximum absolute atomic E-state index is 12.4. The predicted octanol–water partition coefficient (Wildman–Crippen LogP) is 2.23. The Balaban J connectivity index is 1.79. The van der Waals surface area contributed by atoms with E-state index in [0.717, 1.165) is 12.1 Å². The molecule has 4 nitrogen and oxygen atoms in total. The Morgan fingerprint density at radius 2 is 1.95 bits per heavy atom. The summed E-state index contributed by atoms with van der Waals surface area (Å²) in [5.74, 6) is 0. The molecule has 0 bridgehead atoms. The third-order valence-electron chi connectivity index (χ3n) is 3.04. The van der Waals surface area contributed by atoms with Crippen molar-refractivity contribution in [3.8, 4) is 0 Å². The fourth-order valence-electron chi connectivity index (χ4n) is 1.88. The summed E-state index contributed by atoms with van der Waals surface area (Å²) in [7, 11) is 0. The van der Waals surface area contributed by atoms with Gasteiger partial charge in [0, 0.05) is 25.5 Å². The van der Waals surface area contributed by atoms with Gasteiger partial charge < -0.3 is 10.4 Å². The van der Waals surface area contributed by atoms with Crippen LogP contribution in [0.25, 0.3) is 0 Å². The number of nitrogens with one attached hydrogen (secondary N) is 1. The molecule has 0 unspecified atom stereocenters. The molecule has 21 heavy (non-hydrogen) atoms. The SMILES string of the molecule is O[C@@H](CNCCn1cccn1)c1ccc(C(F)(F)F)cc1. The molecule has 2 N–H and O–H groups in total. The largest absolute Gasteiger partial charge is 0.416 e. The van der Waals surface area contributed by atoms with Crippen molar-refractivity contribution in [2.75, 3.05) is 13.1 Å². The van der Waals surface area contributed by atoms with Crippen LogP contribution in [-0.4, -0.2) is 28.0 Å². The van der Waals surface area contributed by atoms with E-state index in [1.165, 1.54) is 12.1 Å². The van der Waals surface area contributed by atoms with Crippen molar-refractivity contribution in [1.29, 1.82) is 0 Å². The van der Waals surface area contributed by atoms with E-state index in [0.29, 0.717) is 18.7 Å².